The van der Waals surface area contributed by atoms with Crippen molar-refractivity contribution in [1.82, 2.24) is 4.90 Å². The van der Waals surface area contributed by atoms with E-state index in [4.69, 9.17) is 0 Å². The summed E-state index contributed by atoms with van der Waals surface area (Å²) in [4.78, 5) is 29.4. The van der Waals surface area contributed by atoms with Gasteiger partial charge in [-0.1, -0.05) is 34.6 Å². The van der Waals surface area contributed by atoms with E-state index in [1.807, 2.05) is 58.0 Å². The van der Waals surface area contributed by atoms with E-state index in [0.717, 1.165) is 29.8 Å². The van der Waals surface area contributed by atoms with Crippen molar-refractivity contribution in [2.75, 3.05) is 24.3 Å². The van der Waals surface area contributed by atoms with Crippen LogP contribution in [0.2, 0.25) is 0 Å². The molecule has 0 spiro atoms. The molecule has 1 aromatic carbocycles. The number of benzene rings is 1. The molecule has 1 aliphatic rings. The van der Waals surface area contributed by atoms with E-state index in [0.29, 0.717) is 12.5 Å². The third-order valence-corrected chi connectivity index (χ3v) is 5.48. The lowest BCUT2D eigenvalue weighted by molar-refractivity contribution is -0.143. The Morgan fingerprint density at radius 1 is 1.14 bits per heavy atom. The van der Waals surface area contributed by atoms with Gasteiger partial charge in [-0.25, -0.2) is 0 Å². The van der Waals surface area contributed by atoms with Crippen molar-refractivity contribution in [2.24, 2.45) is 17.3 Å². The van der Waals surface area contributed by atoms with E-state index in [1.54, 1.807) is 0 Å². The Hall–Kier alpha value is -2.04. The van der Waals surface area contributed by atoms with Crippen LogP contribution in [0.25, 0.3) is 0 Å². The van der Waals surface area contributed by atoms with Crippen molar-refractivity contribution in [1.29, 1.82) is 0 Å². The number of amides is 2. The van der Waals surface area contributed by atoms with Crippen LogP contribution in [0.1, 0.15) is 59.9 Å². The van der Waals surface area contributed by atoms with Crippen LogP contribution < -0.4 is 10.2 Å². The number of nitrogens with one attached hydrogen (secondary N) is 1. The van der Waals surface area contributed by atoms with E-state index in [2.05, 4.69) is 31.0 Å². The van der Waals surface area contributed by atoms with Gasteiger partial charge in [-0.05, 0) is 49.4 Å². The Balaban J connectivity index is 2.36. The number of nitrogens with zero attached hydrogens (tertiary/aromatic N) is 2. The molecule has 1 saturated carbocycles. The van der Waals surface area contributed by atoms with E-state index in [1.165, 1.54) is 0 Å². The van der Waals surface area contributed by atoms with Crippen LogP contribution in [0.5, 0.6) is 0 Å². The third-order valence-electron chi connectivity index (χ3n) is 5.48. The standard InChI is InChI=1S/C23H37N3O2/c1-15(2)16(3)26(22(28)23(4,5)6)14-18-13-19(11-12-20(18)25(7)8)24-21(27)17-9-10-17/h11-13,15-17H,9-10,14H2,1-8H3,(H,24,27)/t16-/m0/s1. The minimum atomic E-state index is -0.445. The summed E-state index contributed by atoms with van der Waals surface area (Å²) in [7, 11) is 4.01. The highest BCUT2D eigenvalue weighted by atomic mass is 16.2. The maximum Gasteiger partial charge on any atom is 0.228 e. The van der Waals surface area contributed by atoms with Gasteiger partial charge in [0.2, 0.25) is 11.8 Å². The van der Waals surface area contributed by atoms with E-state index >= 15 is 0 Å². The summed E-state index contributed by atoms with van der Waals surface area (Å²) in [5.74, 6) is 0.760. The van der Waals surface area contributed by atoms with Crippen LogP contribution in [0, 0.1) is 17.3 Å². The van der Waals surface area contributed by atoms with Crippen molar-refractivity contribution >= 4 is 23.2 Å². The Bertz CT molecular complexity index is 715. The molecule has 0 aliphatic heterocycles. The molecule has 1 aromatic rings. The van der Waals surface area contributed by atoms with Gasteiger partial charge in [0, 0.05) is 49.4 Å². The molecule has 2 rings (SSSR count). The van der Waals surface area contributed by atoms with Gasteiger partial charge in [-0.3, -0.25) is 9.59 Å². The van der Waals surface area contributed by atoms with Gasteiger partial charge >= 0.3 is 0 Å². The average Bonchev–Trinajstić information content (AvgIpc) is 3.42. The first kappa shape index (κ1) is 22.3. The highest BCUT2D eigenvalue weighted by Crippen LogP contribution is 2.32. The first-order chi connectivity index (χ1) is 12.9. The molecule has 0 unspecified atom stereocenters. The Morgan fingerprint density at radius 3 is 2.21 bits per heavy atom. The molecule has 1 N–H and O–H groups in total. The number of hydrogen-bond donors (Lipinski definition) is 1. The van der Waals surface area contributed by atoms with E-state index in [9.17, 15) is 9.59 Å². The van der Waals surface area contributed by atoms with Crippen LogP contribution in [0.3, 0.4) is 0 Å². The molecule has 5 nitrogen and oxygen atoms in total. The number of carbonyl (C=O) groups excluding carboxylic acids is 2. The molecule has 1 atom stereocenters. The van der Waals surface area contributed by atoms with Crippen molar-refractivity contribution in [2.45, 2.75) is 67.0 Å². The van der Waals surface area contributed by atoms with Crippen LogP contribution in [0.4, 0.5) is 11.4 Å². The Morgan fingerprint density at radius 2 is 1.75 bits per heavy atom. The molecule has 0 saturated heterocycles. The van der Waals surface area contributed by atoms with Gasteiger partial charge in [0.05, 0.1) is 0 Å². The zero-order valence-electron chi connectivity index (χ0n) is 18.8. The zero-order chi connectivity index (χ0) is 21.2. The molecule has 0 radical (unpaired) electrons. The SMILES string of the molecule is CC(C)[C@H](C)N(Cc1cc(NC(=O)C2CC2)ccc1N(C)C)C(=O)C(C)(C)C. The molecular formula is C23H37N3O2. The predicted octanol–water partition coefficient (Wildman–Crippen LogP) is 4.52. The third kappa shape index (κ3) is 5.49. The average molecular weight is 388 g/mol. The molecule has 0 heterocycles. The smallest absolute Gasteiger partial charge is 0.228 e. The summed E-state index contributed by atoms with van der Waals surface area (Å²) >= 11 is 0. The summed E-state index contributed by atoms with van der Waals surface area (Å²) in [6, 6.07) is 6.11. The predicted molar refractivity (Wildman–Crippen MR) is 116 cm³/mol. The van der Waals surface area contributed by atoms with Crippen molar-refractivity contribution < 1.29 is 9.59 Å². The van der Waals surface area contributed by atoms with Crippen LogP contribution in [-0.4, -0.2) is 36.9 Å². The lowest BCUT2D eigenvalue weighted by Crippen LogP contribution is -2.46. The fourth-order valence-corrected chi connectivity index (χ4v) is 3.19. The second kappa shape index (κ2) is 8.54. The minimum Gasteiger partial charge on any atom is -0.377 e. The van der Waals surface area contributed by atoms with Crippen LogP contribution in [0.15, 0.2) is 18.2 Å². The second-order valence-electron chi connectivity index (χ2n) is 9.67. The lowest BCUT2D eigenvalue weighted by atomic mass is 9.92. The van der Waals surface area contributed by atoms with Gasteiger partial charge in [-0.15, -0.1) is 0 Å². The topological polar surface area (TPSA) is 52.7 Å². The monoisotopic (exact) mass is 387 g/mol. The summed E-state index contributed by atoms with van der Waals surface area (Å²) in [5, 5.41) is 3.03. The van der Waals surface area contributed by atoms with Crippen molar-refractivity contribution in [3.05, 3.63) is 23.8 Å². The Labute approximate surface area is 170 Å². The summed E-state index contributed by atoms with van der Waals surface area (Å²) in [5.41, 5.74) is 2.47. The maximum absolute atomic E-state index is 13.2. The van der Waals surface area contributed by atoms with Crippen molar-refractivity contribution in [3.8, 4) is 0 Å². The number of anilines is 2. The molecular weight excluding hydrogens is 350 g/mol. The van der Waals surface area contributed by atoms with Gasteiger partial charge in [0.1, 0.15) is 0 Å². The van der Waals surface area contributed by atoms with Gasteiger partial charge in [0.15, 0.2) is 0 Å². The van der Waals surface area contributed by atoms with Gasteiger partial charge in [-0.2, -0.15) is 0 Å². The van der Waals surface area contributed by atoms with E-state index < -0.39 is 5.41 Å². The minimum absolute atomic E-state index is 0.0988. The molecule has 1 aliphatic carbocycles. The largest absolute Gasteiger partial charge is 0.377 e. The van der Waals surface area contributed by atoms with Crippen LogP contribution in [-0.2, 0) is 16.1 Å². The molecule has 2 amide bonds. The maximum atomic E-state index is 13.2. The summed E-state index contributed by atoms with van der Waals surface area (Å²) < 4.78 is 0. The first-order valence-corrected chi connectivity index (χ1v) is 10.3. The molecule has 1 fully saturated rings. The molecule has 0 bridgehead atoms. The first-order valence-electron chi connectivity index (χ1n) is 10.3. The van der Waals surface area contributed by atoms with Gasteiger partial charge < -0.3 is 15.1 Å². The van der Waals surface area contributed by atoms with E-state index in [-0.39, 0.29) is 23.8 Å². The normalized spacial score (nSPS) is 15.3. The van der Waals surface area contributed by atoms with Crippen molar-refractivity contribution in [3.63, 3.8) is 0 Å². The number of carbonyl (C=O) groups is 2. The Kier molecular flexibility index (Phi) is 6.79. The highest BCUT2D eigenvalue weighted by Gasteiger charge is 2.32. The molecule has 156 valence electrons. The fourth-order valence-electron chi connectivity index (χ4n) is 3.19. The summed E-state index contributed by atoms with van der Waals surface area (Å²) in [6.07, 6.45) is 1.96. The lowest BCUT2D eigenvalue weighted by Gasteiger charge is -2.37. The number of hydrogen-bond acceptors (Lipinski definition) is 3. The molecule has 28 heavy (non-hydrogen) atoms. The van der Waals surface area contributed by atoms with Crippen LogP contribution >= 0.6 is 0 Å². The fraction of sp³-hybridized carbons (Fsp3) is 0.652. The quantitative estimate of drug-likeness (QED) is 0.748. The molecule has 0 aromatic heterocycles. The summed E-state index contributed by atoms with van der Waals surface area (Å²) in [6.45, 7) is 12.8. The molecule has 5 heteroatoms. The zero-order valence-corrected chi connectivity index (χ0v) is 18.8. The second-order valence-corrected chi connectivity index (χ2v) is 9.67. The van der Waals surface area contributed by atoms with Gasteiger partial charge in [0.25, 0.3) is 0 Å². The number of rotatable bonds is 7. The highest BCUT2D eigenvalue weighted by molar-refractivity contribution is 5.94.